The first-order valence-corrected chi connectivity index (χ1v) is 30.1. The van der Waals surface area contributed by atoms with Gasteiger partial charge in [-0.15, -0.1) is 0 Å². The second kappa shape index (κ2) is 59.2. The molecule has 0 radical (unpaired) electrons. The third-order valence-electron chi connectivity index (χ3n) is 12.9. The predicted octanol–water partition coefficient (Wildman–Crippen LogP) is 20.3. The number of allylic oxidation sites excluding steroid dienone is 14. The molecule has 0 aromatic rings. The first kappa shape index (κ1) is 67.6. The number of unbranched alkanes of at least 4 members (excludes halogenated alkanes) is 29. The van der Waals surface area contributed by atoms with Gasteiger partial charge in [-0.25, -0.2) is 0 Å². The normalized spacial score (nSPS) is 12.7. The third-order valence-corrected chi connectivity index (χ3v) is 12.9. The highest BCUT2D eigenvalue weighted by molar-refractivity contribution is 5.71. The van der Waals surface area contributed by atoms with Gasteiger partial charge in [0.15, 0.2) is 6.10 Å². The second-order valence-corrected chi connectivity index (χ2v) is 19.9. The molecular formula is C65H112O6. The highest BCUT2D eigenvalue weighted by Crippen LogP contribution is 2.15. The van der Waals surface area contributed by atoms with Gasteiger partial charge in [0, 0.05) is 19.3 Å². The van der Waals surface area contributed by atoms with Crippen molar-refractivity contribution < 1.29 is 28.6 Å². The second-order valence-electron chi connectivity index (χ2n) is 19.9. The van der Waals surface area contributed by atoms with E-state index in [4.69, 9.17) is 14.2 Å². The van der Waals surface area contributed by atoms with E-state index < -0.39 is 6.10 Å². The fraction of sp³-hybridized carbons (Fsp3) is 0.738. The SMILES string of the molecule is CC/C=C\C/C=C\C/C=C\CCCCCCCC(=O)O[C@@H](COC(=O)CCC/C=C\C/C=C\C/C=C\CCCCCCCC)COC(=O)CCCCCCCCCCCCC/C=C\CCCCCCCC. The summed E-state index contributed by atoms with van der Waals surface area (Å²) in [6, 6.07) is 0. The molecular weight excluding hydrogens is 877 g/mol. The average Bonchev–Trinajstić information content (AvgIpc) is 3.37. The predicted molar refractivity (Wildman–Crippen MR) is 307 cm³/mol. The van der Waals surface area contributed by atoms with Crippen molar-refractivity contribution in [2.45, 2.75) is 297 Å². The van der Waals surface area contributed by atoms with E-state index in [-0.39, 0.29) is 37.5 Å². The molecule has 0 saturated heterocycles. The van der Waals surface area contributed by atoms with Crippen LogP contribution >= 0.6 is 0 Å². The van der Waals surface area contributed by atoms with E-state index in [1.807, 2.05) is 0 Å². The van der Waals surface area contributed by atoms with Crippen molar-refractivity contribution in [3.05, 3.63) is 85.1 Å². The van der Waals surface area contributed by atoms with Crippen LogP contribution in [0.4, 0.5) is 0 Å². The van der Waals surface area contributed by atoms with Crippen molar-refractivity contribution in [1.29, 1.82) is 0 Å². The van der Waals surface area contributed by atoms with Crippen LogP contribution in [0.25, 0.3) is 0 Å². The highest BCUT2D eigenvalue weighted by atomic mass is 16.6. The van der Waals surface area contributed by atoms with Gasteiger partial charge in [-0.05, 0) is 109 Å². The topological polar surface area (TPSA) is 78.9 Å². The zero-order valence-corrected chi connectivity index (χ0v) is 46.7. The Bertz CT molecular complexity index is 1370. The van der Waals surface area contributed by atoms with Crippen LogP contribution in [0.2, 0.25) is 0 Å². The number of carbonyl (C=O) groups is 3. The summed E-state index contributed by atoms with van der Waals surface area (Å²) in [6.45, 7) is 6.48. The summed E-state index contributed by atoms with van der Waals surface area (Å²) in [5.74, 6) is -0.964. The highest BCUT2D eigenvalue weighted by Gasteiger charge is 2.19. The smallest absolute Gasteiger partial charge is 0.306 e. The fourth-order valence-corrected chi connectivity index (χ4v) is 8.35. The van der Waals surface area contributed by atoms with E-state index in [2.05, 4.69) is 106 Å². The monoisotopic (exact) mass is 989 g/mol. The van der Waals surface area contributed by atoms with Crippen molar-refractivity contribution in [3.8, 4) is 0 Å². The van der Waals surface area contributed by atoms with E-state index in [9.17, 15) is 14.4 Å². The van der Waals surface area contributed by atoms with Crippen LogP contribution in [0, 0.1) is 0 Å². The molecule has 0 aliphatic rings. The van der Waals surface area contributed by atoms with Gasteiger partial charge < -0.3 is 14.2 Å². The van der Waals surface area contributed by atoms with E-state index in [0.29, 0.717) is 19.3 Å². The first-order chi connectivity index (χ1) is 35.0. The van der Waals surface area contributed by atoms with Gasteiger partial charge in [0.2, 0.25) is 0 Å². The number of esters is 3. The molecule has 0 aromatic carbocycles. The maximum Gasteiger partial charge on any atom is 0.306 e. The number of carbonyl (C=O) groups excluding carboxylic acids is 3. The van der Waals surface area contributed by atoms with E-state index >= 15 is 0 Å². The molecule has 0 heterocycles. The van der Waals surface area contributed by atoms with Crippen LogP contribution in [-0.2, 0) is 28.6 Å². The van der Waals surface area contributed by atoms with E-state index in [1.54, 1.807) is 0 Å². The molecule has 0 spiro atoms. The number of hydrogen-bond donors (Lipinski definition) is 0. The number of ether oxygens (including phenoxy) is 3. The van der Waals surface area contributed by atoms with Gasteiger partial charge in [-0.1, -0.05) is 247 Å². The summed E-state index contributed by atoms with van der Waals surface area (Å²) in [7, 11) is 0. The molecule has 0 bridgehead atoms. The molecule has 0 aromatic heterocycles. The van der Waals surface area contributed by atoms with Gasteiger partial charge in [0.05, 0.1) is 0 Å². The Kier molecular flexibility index (Phi) is 56.3. The zero-order valence-electron chi connectivity index (χ0n) is 46.7. The Balaban J connectivity index is 4.42. The molecule has 0 rings (SSSR count). The van der Waals surface area contributed by atoms with Gasteiger partial charge in [-0.3, -0.25) is 14.4 Å². The molecule has 0 amide bonds. The molecule has 0 N–H and O–H groups in total. The maximum absolute atomic E-state index is 12.9. The lowest BCUT2D eigenvalue weighted by atomic mass is 10.0. The van der Waals surface area contributed by atoms with Gasteiger partial charge >= 0.3 is 17.9 Å². The number of rotatable bonds is 54. The molecule has 71 heavy (non-hydrogen) atoms. The summed E-state index contributed by atoms with van der Waals surface area (Å²) in [4.78, 5) is 38.2. The Morgan fingerprint density at radius 1 is 0.296 bits per heavy atom. The summed E-state index contributed by atoms with van der Waals surface area (Å²) in [5, 5.41) is 0. The molecule has 0 fully saturated rings. The summed E-state index contributed by atoms with van der Waals surface area (Å²) >= 11 is 0. The van der Waals surface area contributed by atoms with Crippen LogP contribution in [0.15, 0.2) is 85.1 Å². The molecule has 0 aliphatic carbocycles. The molecule has 0 saturated carbocycles. The fourth-order valence-electron chi connectivity index (χ4n) is 8.35. The molecule has 0 aliphatic heterocycles. The van der Waals surface area contributed by atoms with Gasteiger partial charge in [-0.2, -0.15) is 0 Å². The van der Waals surface area contributed by atoms with Crippen LogP contribution in [0.5, 0.6) is 0 Å². The minimum Gasteiger partial charge on any atom is -0.462 e. The summed E-state index contributed by atoms with van der Waals surface area (Å²) in [6.07, 6.45) is 77.3. The van der Waals surface area contributed by atoms with Crippen LogP contribution < -0.4 is 0 Å². The van der Waals surface area contributed by atoms with E-state index in [0.717, 1.165) is 96.3 Å². The van der Waals surface area contributed by atoms with Crippen LogP contribution in [0.1, 0.15) is 290 Å². The van der Waals surface area contributed by atoms with Crippen molar-refractivity contribution in [3.63, 3.8) is 0 Å². The van der Waals surface area contributed by atoms with Gasteiger partial charge in [0.25, 0.3) is 0 Å². The lowest BCUT2D eigenvalue weighted by Gasteiger charge is -2.18. The van der Waals surface area contributed by atoms with Crippen LogP contribution in [0.3, 0.4) is 0 Å². The zero-order chi connectivity index (χ0) is 51.4. The minimum absolute atomic E-state index is 0.0990. The maximum atomic E-state index is 12.9. The standard InChI is InChI=1S/C65H112O6/c1-4-7-10-13-16-19-22-25-28-30-31-32-33-35-38-40-43-46-49-52-55-58-64(67)70-61-62(71-65(68)59-56-53-50-47-44-41-36-27-24-21-18-15-12-9-6-3)60-69-63(66)57-54-51-48-45-42-39-37-34-29-26-23-20-17-14-11-8-5-2/h9,12,18,21,25-29,36-37,39,45,48,62H,4-8,10-11,13-17,19-20,22-24,30-35,38,40-44,46-47,49-61H2,1-3H3/b12-9-,21-18-,28-25-,29-26-,36-27-,39-37-,48-45-/t62-/m0/s1. The Morgan fingerprint density at radius 2 is 0.563 bits per heavy atom. The van der Waals surface area contributed by atoms with Crippen LogP contribution in [-0.4, -0.2) is 37.2 Å². The Hall–Kier alpha value is -3.41. The first-order valence-electron chi connectivity index (χ1n) is 30.1. The summed E-state index contributed by atoms with van der Waals surface area (Å²) in [5.41, 5.74) is 0. The largest absolute Gasteiger partial charge is 0.462 e. The lowest BCUT2D eigenvalue weighted by Crippen LogP contribution is -2.30. The van der Waals surface area contributed by atoms with Crippen molar-refractivity contribution in [2.75, 3.05) is 13.2 Å². The summed E-state index contributed by atoms with van der Waals surface area (Å²) < 4.78 is 16.8. The van der Waals surface area contributed by atoms with Gasteiger partial charge in [0.1, 0.15) is 13.2 Å². The Morgan fingerprint density at radius 3 is 0.930 bits per heavy atom. The minimum atomic E-state index is -0.807. The Labute approximate surface area is 439 Å². The van der Waals surface area contributed by atoms with Crippen molar-refractivity contribution in [1.82, 2.24) is 0 Å². The molecule has 0 unspecified atom stereocenters. The number of hydrogen-bond acceptors (Lipinski definition) is 6. The molecule has 6 heteroatoms. The van der Waals surface area contributed by atoms with E-state index in [1.165, 1.54) is 148 Å². The lowest BCUT2D eigenvalue weighted by molar-refractivity contribution is -0.167. The average molecular weight is 990 g/mol. The third kappa shape index (κ3) is 57.4. The quantitative estimate of drug-likeness (QED) is 0.0261. The molecule has 408 valence electrons. The van der Waals surface area contributed by atoms with Crippen molar-refractivity contribution in [2.24, 2.45) is 0 Å². The van der Waals surface area contributed by atoms with Crippen molar-refractivity contribution >= 4 is 17.9 Å². The molecule has 1 atom stereocenters. The molecule has 6 nitrogen and oxygen atoms in total.